The smallest absolute Gasteiger partial charge is 0.191 e. The van der Waals surface area contributed by atoms with E-state index in [-0.39, 0.29) is 0 Å². The summed E-state index contributed by atoms with van der Waals surface area (Å²) in [6.45, 7) is 3.56. The van der Waals surface area contributed by atoms with Crippen molar-refractivity contribution in [1.82, 2.24) is 4.98 Å². The average molecular weight is 258 g/mol. The van der Waals surface area contributed by atoms with Gasteiger partial charge in [0.2, 0.25) is 0 Å². The van der Waals surface area contributed by atoms with Gasteiger partial charge in [-0.05, 0) is 25.0 Å². The lowest BCUT2D eigenvalue weighted by atomic mass is 10.1. The van der Waals surface area contributed by atoms with Crippen molar-refractivity contribution in [2.45, 2.75) is 25.8 Å². The fourth-order valence-electron chi connectivity index (χ4n) is 2.31. The van der Waals surface area contributed by atoms with Gasteiger partial charge in [-0.15, -0.1) is 0 Å². The normalized spacial score (nSPS) is 16.5. The molecule has 0 unspecified atom stereocenters. The first-order valence-electron chi connectivity index (χ1n) is 6.68. The molecule has 0 spiro atoms. The highest BCUT2D eigenvalue weighted by molar-refractivity contribution is 5.61. The molecule has 1 fully saturated rings. The number of oxazole rings is 1. The van der Waals surface area contributed by atoms with Crippen LogP contribution in [0.15, 0.2) is 34.9 Å². The van der Waals surface area contributed by atoms with Gasteiger partial charge >= 0.3 is 0 Å². The van der Waals surface area contributed by atoms with Crippen LogP contribution in [0.2, 0.25) is 0 Å². The summed E-state index contributed by atoms with van der Waals surface area (Å²) in [5, 5.41) is 3.54. The quantitative estimate of drug-likeness (QED) is 0.918. The number of anilines is 1. The van der Waals surface area contributed by atoms with Crippen LogP contribution in [0.4, 0.5) is 5.69 Å². The summed E-state index contributed by atoms with van der Waals surface area (Å²) in [6, 6.07) is 8.84. The molecule has 1 aliphatic rings. The van der Waals surface area contributed by atoms with Crippen molar-refractivity contribution in [3.05, 3.63) is 36.4 Å². The molecule has 0 radical (unpaired) electrons. The highest BCUT2D eigenvalue weighted by Crippen LogP contribution is 2.22. The molecule has 1 aromatic heterocycles. The standard InChI is InChI=1S/C15H18N2O2/c1-11-16-15(10-19-11)12-2-4-13(5-3-12)17-14-6-8-18-9-7-14/h2-5,10,14,17H,6-9H2,1H3. The number of nitrogens with zero attached hydrogens (tertiary/aromatic N) is 1. The molecule has 0 amide bonds. The number of rotatable bonds is 3. The second-order valence-corrected chi connectivity index (χ2v) is 4.86. The average Bonchev–Trinajstić information content (AvgIpc) is 2.87. The summed E-state index contributed by atoms with van der Waals surface area (Å²) < 4.78 is 10.6. The Kier molecular flexibility index (Phi) is 3.51. The van der Waals surface area contributed by atoms with Gasteiger partial charge in [0, 0.05) is 37.4 Å². The van der Waals surface area contributed by atoms with E-state index < -0.39 is 0 Å². The molecule has 0 aliphatic carbocycles. The van der Waals surface area contributed by atoms with Crippen molar-refractivity contribution in [2.75, 3.05) is 18.5 Å². The molecular weight excluding hydrogens is 240 g/mol. The van der Waals surface area contributed by atoms with E-state index in [0.717, 1.165) is 43.0 Å². The molecule has 1 aliphatic heterocycles. The van der Waals surface area contributed by atoms with Gasteiger partial charge in [-0.3, -0.25) is 0 Å². The highest BCUT2D eigenvalue weighted by Gasteiger charge is 2.13. The van der Waals surface area contributed by atoms with E-state index in [1.807, 2.05) is 6.92 Å². The Balaban J connectivity index is 1.68. The fourth-order valence-corrected chi connectivity index (χ4v) is 2.31. The zero-order valence-corrected chi connectivity index (χ0v) is 11.1. The molecule has 1 N–H and O–H groups in total. The lowest BCUT2D eigenvalue weighted by molar-refractivity contribution is 0.0904. The van der Waals surface area contributed by atoms with Gasteiger partial charge in [0.25, 0.3) is 0 Å². The molecule has 100 valence electrons. The Morgan fingerprint density at radius 3 is 2.53 bits per heavy atom. The maximum Gasteiger partial charge on any atom is 0.191 e. The van der Waals surface area contributed by atoms with Crippen molar-refractivity contribution < 1.29 is 9.15 Å². The zero-order valence-electron chi connectivity index (χ0n) is 11.1. The van der Waals surface area contributed by atoms with Gasteiger partial charge < -0.3 is 14.5 Å². The van der Waals surface area contributed by atoms with Crippen molar-refractivity contribution in [1.29, 1.82) is 0 Å². The van der Waals surface area contributed by atoms with E-state index in [0.29, 0.717) is 11.9 Å². The summed E-state index contributed by atoms with van der Waals surface area (Å²) in [7, 11) is 0. The van der Waals surface area contributed by atoms with Crippen molar-refractivity contribution in [2.24, 2.45) is 0 Å². The SMILES string of the molecule is Cc1nc(-c2ccc(NC3CCOCC3)cc2)co1. The van der Waals surface area contributed by atoms with E-state index in [1.165, 1.54) is 0 Å². The van der Waals surface area contributed by atoms with Gasteiger partial charge in [0.15, 0.2) is 5.89 Å². The van der Waals surface area contributed by atoms with Crippen LogP contribution < -0.4 is 5.32 Å². The van der Waals surface area contributed by atoms with Crippen LogP contribution in [0.1, 0.15) is 18.7 Å². The largest absolute Gasteiger partial charge is 0.449 e. The summed E-state index contributed by atoms with van der Waals surface area (Å²) in [6.07, 6.45) is 3.84. The van der Waals surface area contributed by atoms with E-state index in [1.54, 1.807) is 6.26 Å². The molecule has 1 saturated heterocycles. The fraction of sp³-hybridized carbons (Fsp3) is 0.400. The van der Waals surface area contributed by atoms with Crippen molar-refractivity contribution in [3.63, 3.8) is 0 Å². The van der Waals surface area contributed by atoms with Crippen LogP contribution in [0.3, 0.4) is 0 Å². The second-order valence-electron chi connectivity index (χ2n) is 4.86. The maximum atomic E-state index is 5.36. The number of nitrogens with one attached hydrogen (secondary N) is 1. The summed E-state index contributed by atoms with van der Waals surface area (Å²) in [4.78, 5) is 4.32. The third-order valence-electron chi connectivity index (χ3n) is 3.39. The topological polar surface area (TPSA) is 47.3 Å². The first-order chi connectivity index (χ1) is 9.31. The van der Waals surface area contributed by atoms with Crippen molar-refractivity contribution in [3.8, 4) is 11.3 Å². The molecule has 3 rings (SSSR count). The van der Waals surface area contributed by atoms with Gasteiger partial charge in [-0.2, -0.15) is 0 Å². The first kappa shape index (κ1) is 12.2. The van der Waals surface area contributed by atoms with Gasteiger partial charge in [-0.1, -0.05) is 12.1 Å². The maximum absolute atomic E-state index is 5.36. The van der Waals surface area contributed by atoms with E-state index in [2.05, 4.69) is 34.6 Å². The number of aromatic nitrogens is 1. The minimum absolute atomic E-state index is 0.522. The monoisotopic (exact) mass is 258 g/mol. The zero-order chi connectivity index (χ0) is 13.1. The molecule has 4 heteroatoms. The van der Waals surface area contributed by atoms with E-state index in [9.17, 15) is 0 Å². The van der Waals surface area contributed by atoms with Crippen LogP contribution in [0.25, 0.3) is 11.3 Å². The predicted molar refractivity (Wildman–Crippen MR) is 74.1 cm³/mol. The van der Waals surface area contributed by atoms with Gasteiger partial charge in [0.05, 0.1) is 0 Å². The highest BCUT2D eigenvalue weighted by atomic mass is 16.5. The number of ether oxygens (including phenoxy) is 1. The Morgan fingerprint density at radius 2 is 1.89 bits per heavy atom. The van der Waals surface area contributed by atoms with Crippen LogP contribution in [-0.2, 0) is 4.74 Å². The molecule has 0 saturated carbocycles. The molecule has 19 heavy (non-hydrogen) atoms. The minimum atomic E-state index is 0.522. The molecular formula is C15H18N2O2. The van der Waals surface area contributed by atoms with Crippen LogP contribution in [-0.4, -0.2) is 24.2 Å². The Morgan fingerprint density at radius 1 is 1.16 bits per heavy atom. The molecule has 0 atom stereocenters. The van der Waals surface area contributed by atoms with Gasteiger partial charge in [0.1, 0.15) is 12.0 Å². The van der Waals surface area contributed by atoms with Gasteiger partial charge in [-0.25, -0.2) is 4.98 Å². The summed E-state index contributed by atoms with van der Waals surface area (Å²) in [5.41, 5.74) is 3.11. The Labute approximate surface area is 112 Å². The van der Waals surface area contributed by atoms with E-state index in [4.69, 9.17) is 9.15 Å². The van der Waals surface area contributed by atoms with Crippen LogP contribution in [0, 0.1) is 6.92 Å². The molecule has 1 aromatic carbocycles. The predicted octanol–water partition coefficient (Wildman–Crippen LogP) is 3.24. The second kappa shape index (κ2) is 5.45. The number of hydrogen-bond acceptors (Lipinski definition) is 4. The number of hydrogen-bond donors (Lipinski definition) is 1. The first-order valence-corrected chi connectivity index (χ1v) is 6.68. The van der Waals surface area contributed by atoms with E-state index >= 15 is 0 Å². The van der Waals surface area contributed by atoms with Crippen LogP contribution in [0.5, 0.6) is 0 Å². The number of benzene rings is 1. The third kappa shape index (κ3) is 2.96. The van der Waals surface area contributed by atoms with Crippen LogP contribution >= 0.6 is 0 Å². The summed E-state index contributed by atoms with van der Waals surface area (Å²) in [5.74, 6) is 0.694. The molecule has 2 heterocycles. The lowest BCUT2D eigenvalue weighted by Crippen LogP contribution is -2.27. The summed E-state index contributed by atoms with van der Waals surface area (Å²) >= 11 is 0. The molecule has 4 nitrogen and oxygen atoms in total. The molecule has 0 bridgehead atoms. The third-order valence-corrected chi connectivity index (χ3v) is 3.39. The number of aryl methyl sites for hydroxylation is 1. The Bertz CT molecular complexity index is 527. The van der Waals surface area contributed by atoms with Crippen molar-refractivity contribution >= 4 is 5.69 Å². The Hall–Kier alpha value is -1.81. The minimum Gasteiger partial charge on any atom is -0.449 e. The lowest BCUT2D eigenvalue weighted by Gasteiger charge is -2.24. The molecule has 2 aromatic rings.